The van der Waals surface area contributed by atoms with Crippen LogP contribution in [0.1, 0.15) is 0 Å². The van der Waals surface area contributed by atoms with Gasteiger partial charge in [-0.05, 0) is 30.3 Å². The largest absolute Gasteiger partial charge is 0.463 e. The zero-order chi connectivity index (χ0) is 11.1. The Morgan fingerprint density at radius 3 is 2.88 bits per heavy atom. The Labute approximate surface area is 99.2 Å². The van der Waals surface area contributed by atoms with Gasteiger partial charge in [0.2, 0.25) is 0 Å². The smallest absolute Gasteiger partial charge is 0.150 e. The molecule has 16 heavy (non-hydrogen) atoms. The third-order valence-electron chi connectivity index (χ3n) is 2.43. The summed E-state index contributed by atoms with van der Waals surface area (Å²) >= 11 is 3.26. The predicted molar refractivity (Wildman–Crippen MR) is 63.7 cm³/mol. The molecule has 0 saturated heterocycles. The molecule has 80 valence electrons. The molecule has 0 fully saturated rings. The number of hydrogen-bond donors (Lipinski definition) is 1. The summed E-state index contributed by atoms with van der Waals surface area (Å²) in [6.45, 7) is 0. The Morgan fingerprint density at radius 1 is 1.25 bits per heavy atom. The number of furan rings is 1. The van der Waals surface area contributed by atoms with Gasteiger partial charge in [0.15, 0.2) is 0 Å². The minimum absolute atomic E-state index is 0.276. The molecule has 0 atom stereocenters. The molecule has 1 N–H and O–H groups in total. The molecular formula is C12H7BrFNO. The summed E-state index contributed by atoms with van der Waals surface area (Å²) in [5.74, 6) is 0.425. The summed E-state index contributed by atoms with van der Waals surface area (Å²) in [7, 11) is 0. The summed E-state index contributed by atoms with van der Waals surface area (Å²) < 4.78 is 19.6. The van der Waals surface area contributed by atoms with E-state index in [0.717, 1.165) is 15.6 Å². The molecule has 0 spiro atoms. The maximum Gasteiger partial charge on any atom is 0.150 e. The van der Waals surface area contributed by atoms with Gasteiger partial charge < -0.3 is 9.40 Å². The molecule has 0 aliphatic rings. The molecule has 3 rings (SSSR count). The van der Waals surface area contributed by atoms with Crippen molar-refractivity contribution in [3.63, 3.8) is 0 Å². The van der Waals surface area contributed by atoms with Gasteiger partial charge in [0, 0.05) is 9.86 Å². The Balaban J connectivity index is 2.27. The van der Waals surface area contributed by atoms with Crippen LogP contribution in [0.15, 0.2) is 45.5 Å². The minimum atomic E-state index is -0.276. The van der Waals surface area contributed by atoms with Crippen LogP contribution in [0.4, 0.5) is 4.39 Å². The van der Waals surface area contributed by atoms with Crippen molar-refractivity contribution in [2.24, 2.45) is 0 Å². The monoisotopic (exact) mass is 279 g/mol. The SMILES string of the molecule is Fc1cc(Br)cc2cc(-c3ccco3)[nH]c12. The molecule has 2 aromatic heterocycles. The van der Waals surface area contributed by atoms with E-state index in [2.05, 4.69) is 20.9 Å². The zero-order valence-corrected chi connectivity index (χ0v) is 9.71. The topological polar surface area (TPSA) is 28.9 Å². The standard InChI is InChI=1S/C12H7BrFNO/c13-8-4-7-5-10(11-2-1-3-16-11)15-12(7)9(14)6-8/h1-6,15H. The fourth-order valence-electron chi connectivity index (χ4n) is 1.73. The van der Waals surface area contributed by atoms with Gasteiger partial charge in [-0.15, -0.1) is 0 Å². The molecule has 0 radical (unpaired) electrons. The Bertz CT molecular complexity index is 642. The number of benzene rings is 1. The van der Waals surface area contributed by atoms with Crippen molar-refractivity contribution in [1.29, 1.82) is 0 Å². The number of halogens is 2. The summed E-state index contributed by atoms with van der Waals surface area (Å²) in [5.41, 5.74) is 1.27. The first-order chi connectivity index (χ1) is 7.74. The second-order valence-corrected chi connectivity index (χ2v) is 4.43. The molecule has 2 heterocycles. The van der Waals surface area contributed by atoms with E-state index >= 15 is 0 Å². The molecule has 0 aliphatic heterocycles. The minimum Gasteiger partial charge on any atom is -0.463 e. The van der Waals surface area contributed by atoms with Crippen molar-refractivity contribution in [1.82, 2.24) is 4.98 Å². The van der Waals surface area contributed by atoms with Gasteiger partial charge in [-0.2, -0.15) is 0 Å². The van der Waals surface area contributed by atoms with Crippen LogP contribution < -0.4 is 0 Å². The number of H-pyrrole nitrogens is 1. The molecule has 1 aromatic carbocycles. The molecular weight excluding hydrogens is 273 g/mol. The molecule has 4 heteroatoms. The molecule has 3 aromatic rings. The van der Waals surface area contributed by atoms with E-state index in [9.17, 15) is 4.39 Å². The van der Waals surface area contributed by atoms with Crippen LogP contribution in [-0.4, -0.2) is 4.98 Å². The highest BCUT2D eigenvalue weighted by molar-refractivity contribution is 9.10. The van der Waals surface area contributed by atoms with E-state index < -0.39 is 0 Å². The summed E-state index contributed by atoms with van der Waals surface area (Å²) in [4.78, 5) is 3.00. The van der Waals surface area contributed by atoms with E-state index in [-0.39, 0.29) is 5.82 Å². The average Bonchev–Trinajstić information content (AvgIpc) is 2.82. The Kier molecular flexibility index (Phi) is 2.11. The lowest BCUT2D eigenvalue weighted by Crippen LogP contribution is -1.78. The molecule has 0 bridgehead atoms. The second-order valence-electron chi connectivity index (χ2n) is 3.51. The highest BCUT2D eigenvalue weighted by atomic mass is 79.9. The molecule has 2 nitrogen and oxygen atoms in total. The number of fused-ring (bicyclic) bond motifs is 1. The van der Waals surface area contributed by atoms with Gasteiger partial charge in [-0.1, -0.05) is 15.9 Å². The fourth-order valence-corrected chi connectivity index (χ4v) is 2.18. The van der Waals surface area contributed by atoms with Crippen LogP contribution in [0, 0.1) is 5.82 Å². The van der Waals surface area contributed by atoms with E-state index in [1.165, 1.54) is 6.07 Å². The first-order valence-electron chi connectivity index (χ1n) is 4.76. The highest BCUT2D eigenvalue weighted by Gasteiger charge is 2.09. The van der Waals surface area contributed by atoms with Gasteiger partial charge >= 0.3 is 0 Å². The van der Waals surface area contributed by atoms with Crippen molar-refractivity contribution in [3.05, 3.63) is 46.9 Å². The van der Waals surface area contributed by atoms with E-state index in [4.69, 9.17) is 4.42 Å². The van der Waals surface area contributed by atoms with Crippen LogP contribution in [-0.2, 0) is 0 Å². The molecule has 0 aliphatic carbocycles. The lowest BCUT2D eigenvalue weighted by atomic mass is 10.2. The van der Waals surface area contributed by atoms with Crippen molar-refractivity contribution < 1.29 is 8.81 Å². The first kappa shape index (κ1) is 9.66. The molecule has 0 unspecified atom stereocenters. The van der Waals surface area contributed by atoms with Gasteiger partial charge in [0.1, 0.15) is 11.6 Å². The quantitative estimate of drug-likeness (QED) is 0.706. The van der Waals surface area contributed by atoms with Crippen molar-refractivity contribution >= 4 is 26.8 Å². The maximum absolute atomic E-state index is 13.6. The number of rotatable bonds is 1. The van der Waals surface area contributed by atoms with E-state index in [1.807, 2.05) is 18.2 Å². The van der Waals surface area contributed by atoms with E-state index in [0.29, 0.717) is 11.3 Å². The Morgan fingerprint density at radius 2 is 2.12 bits per heavy atom. The number of nitrogens with one attached hydrogen (secondary N) is 1. The van der Waals surface area contributed by atoms with Crippen LogP contribution in [0.2, 0.25) is 0 Å². The van der Waals surface area contributed by atoms with Crippen molar-refractivity contribution in [3.8, 4) is 11.5 Å². The summed E-state index contributed by atoms with van der Waals surface area (Å²) in [6.07, 6.45) is 1.59. The number of aromatic nitrogens is 1. The highest BCUT2D eigenvalue weighted by Crippen LogP contribution is 2.28. The van der Waals surface area contributed by atoms with Gasteiger partial charge in [-0.25, -0.2) is 4.39 Å². The van der Waals surface area contributed by atoms with Crippen LogP contribution in [0.25, 0.3) is 22.4 Å². The zero-order valence-electron chi connectivity index (χ0n) is 8.13. The van der Waals surface area contributed by atoms with Crippen LogP contribution in [0.5, 0.6) is 0 Å². The van der Waals surface area contributed by atoms with Gasteiger partial charge in [0.25, 0.3) is 0 Å². The lowest BCUT2D eigenvalue weighted by molar-refractivity contribution is 0.580. The normalized spacial score (nSPS) is 11.1. The van der Waals surface area contributed by atoms with Gasteiger partial charge in [0.05, 0.1) is 17.5 Å². The van der Waals surface area contributed by atoms with Crippen molar-refractivity contribution in [2.75, 3.05) is 0 Å². The Hall–Kier alpha value is -1.55. The molecule has 0 saturated carbocycles. The second kappa shape index (κ2) is 3.49. The number of hydrogen-bond acceptors (Lipinski definition) is 1. The number of aromatic amines is 1. The lowest BCUT2D eigenvalue weighted by Gasteiger charge is -1.93. The van der Waals surface area contributed by atoms with Crippen LogP contribution in [0.3, 0.4) is 0 Å². The summed E-state index contributed by atoms with van der Waals surface area (Å²) in [6, 6.07) is 8.79. The molecule has 0 amide bonds. The van der Waals surface area contributed by atoms with Gasteiger partial charge in [-0.3, -0.25) is 0 Å². The third kappa shape index (κ3) is 1.46. The van der Waals surface area contributed by atoms with Crippen molar-refractivity contribution in [2.45, 2.75) is 0 Å². The maximum atomic E-state index is 13.6. The summed E-state index contributed by atoms with van der Waals surface area (Å²) in [5, 5.41) is 0.818. The average molecular weight is 280 g/mol. The van der Waals surface area contributed by atoms with E-state index in [1.54, 1.807) is 12.3 Å². The fraction of sp³-hybridized carbons (Fsp3) is 0. The third-order valence-corrected chi connectivity index (χ3v) is 2.89. The van der Waals surface area contributed by atoms with Crippen LogP contribution >= 0.6 is 15.9 Å². The predicted octanol–water partition coefficient (Wildman–Crippen LogP) is 4.33. The first-order valence-corrected chi connectivity index (χ1v) is 5.55.